The van der Waals surface area contributed by atoms with Gasteiger partial charge in [0.15, 0.2) is 11.5 Å². The van der Waals surface area contributed by atoms with E-state index in [0.29, 0.717) is 16.4 Å². The van der Waals surface area contributed by atoms with Crippen LogP contribution in [0.25, 0.3) is 11.3 Å². The highest BCUT2D eigenvalue weighted by Crippen LogP contribution is 2.47. The van der Waals surface area contributed by atoms with E-state index in [0.717, 1.165) is 22.4 Å². The Morgan fingerprint density at radius 1 is 1.08 bits per heavy atom. The summed E-state index contributed by atoms with van der Waals surface area (Å²) < 4.78 is 5.57. The van der Waals surface area contributed by atoms with E-state index in [4.69, 9.17) is 4.42 Å². The van der Waals surface area contributed by atoms with E-state index in [1.165, 1.54) is 23.5 Å². The van der Waals surface area contributed by atoms with Crippen LogP contribution in [0.5, 0.6) is 5.75 Å². The monoisotopic (exact) mass is 354 g/mol. The van der Waals surface area contributed by atoms with E-state index in [2.05, 4.69) is 0 Å². The van der Waals surface area contributed by atoms with Gasteiger partial charge in [-0.3, -0.25) is 0 Å². The molecule has 1 aromatic heterocycles. The zero-order valence-electron chi connectivity index (χ0n) is 12.7. The molecule has 3 nitrogen and oxygen atoms in total. The molecule has 1 aliphatic heterocycles. The molecule has 0 atom stereocenters. The Morgan fingerprint density at radius 3 is 2.67 bits per heavy atom. The number of thioether (sulfide) groups is 2. The predicted octanol–water partition coefficient (Wildman–Crippen LogP) is 4.91. The Balaban J connectivity index is 1.73. The summed E-state index contributed by atoms with van der Waals surface area (Å²) in [4.78, 5) is 13.3. The molecule has 1 N–H and O–H groups in total. The summed E-state index contributed by atoms with van der Waals surface area (Å²) in [5.41, 5.74) is 2.61. The lowest BCUT2D eigenvalue weighted by atomic mass is 10.1. The molecule has 0 radical (unpaired) electrons. The number of fused-ring (bicyclic) bond motifs is 3. The molecule has 24 heavy (non-hydrogen) atoms. The van der Waals surface area contributed by atoms with Crippen molar-refractivity contribution in [2.75, 3.05) is 0 Å². The van der Waals surface area contributed by atoms with E-state index in [9.17, 15) is 9.90 Å². The zero-order valence-corrected chi connectivity index (χ0v) is 14.3. The van der Waals surface area contributed by atoms with Crippen molar-refractivity contribution in [3.05, 3.63) is 76.1 Å². The molecule has 0 unspecified atom stereocenters. The van der Waals surface area contributed by atoms with Crippen LogP contribution in [0.15, 0.2) is 73.6 Å². The molecule has 4 rings (SSSR count). The normalized spacial score (nSPS) is 12.5. The van der Waals surface area contributed by atoms with Crippen molar-refractivity contribution in [1.29, 1.82) is 0 Å². The van der Waals surface area contributed by atoms with Crippen LogP contribution in [0.4, 0.5) is 0 Å². The van der Waals surface area contributed by atoms with Gasteiger partial charge in [0.25, 0.3) is 0 Å². The number of aromatic hydroxyl groups is 1. The van der Waals surface area contributed by atoms with Gasteiger partial charge < -0.3 is 9.52 Å². The van der Waals surface area contributed by atoms with E-state index >= 15 is 0 Å². The standard InChI is InChI=1S/C19H14O3S2/c20-15-17-16(14-9-5-4-8-13(14)11-24-17)22-19(21)18(15)23-10-12-6-2-1-3-7-12/h1-9,20H,10-11H2. The average molecular weight is 354 g/mol. The second-order valence-corrected chi connectivity index (χ2v) is 7.42. The van der Waals surface area contributed by atoms with E-state index in [-0.39, 0.29) is 10.6 Å². The van der Waals surface area contributed by atoms with E-state index in [1.807, 2.05) is 54.6 Å². The first-order chi connectivity index (χ1) is 11.7. The molecule has 120 valence electrons. The molecule has 0 bridgehead atoms. The lowest BCUT2D eigenvalue weighted by molar-refractivity contribution is 0.411. The van der Waals surface area contributed by atoms with Gasteiger partial charge in [-0.25, -0.2) is 4.79 Å². The van der Waals surface area contributed by atoms with Crippen LogP contribution in [0.2, 0.25) is 0 Å². The maximum atomic E-state index is 12.4. The number of rotatable bonds is 3. The fraction of sp³-hybridized carbons (Fsp3) is 0.105. The first kappa shape index (κ1) is 15.4. The molecule has 0 saturated carbocycles. The maximum absolute atomic E-state index is 12.4. The largest absolute Gasteiger partial charge is 0.505 e. The Hall–Kier alpha value is -2.11. The van der Waals surface area contributed by atoms with Crippen LogP contribution in [0.1, 0.15) is 11.1 Å². The Morgan fingerprint density at radius 2 is 1.83 bits per heavy atom. The highest BCUT2D eigenvalue weighted by Gasteiger charge is 2.26. The topological polar surface area (TPSA) is 50.4 Å². The lowest BCUT2D eigenvalue weighted by Crippen LogP contribution is -2.07. The third-order valence-electron chi connectivity index (χ3n) is 3.88. The minimum Gasteiger partial charge on any atom is -0.505 e. The summed E-state index contributed by atoms with van der Waals surface area (Å²) in [7, 11) is 0. The summed E-state index contributed by atoms with van der Waals surface area (Å²) in [6.07, 6.45) is 0. The minimum absolute atomic E-state index is 0.0432. The Kier molecular flexibility index (Phi) is 4.12. The molecule has 0 spiro atoms. The van der Waals surface area contributed by atoms with Crippen molar-refractivity contribution in [1.82, 2.24) is 0 Å². The van der Waals surface area contributed by atoms with E-state index < -0.39 is 5.63 Å². The van der Waals surface area contributed by atoms with Crippen LogP contribution in [0, 0.1) is 0 Å². The van der Waals surface area contributed by atoms with Crippen molar-refractivity contribution < 1.29 is 9.52 Å². The van der Waals surface area contributed by atoms with Gasteiger partial charge in [0.05, 0.1) is 4.90 Å². The smallest absolute Gasteiger partial charge is 0.353 e. The first-order valence-electron chi connectivity index (χ1n) is 7.52. The van der Waals surface area contributed by atoms with Crippen molar-refractivity contribution in [2.24, 2.45) is 0 Å². The van der Waals surface area contributed by atoms with Crippen LogP contribution < -0.4 is 5.63 Å². The van der Waals surface area contributed by atoms with Crippen LogP contribution in [-0.4, -0.2) is 5.11 Å². The van der Waals surface area contributed by atoms with Gasteiger partial charge in [-0.1, -0.05) is 54.6 Å². The maximum Gasteiger partial charge on any atom is 0.353 e. The molecular formula is C19H14O3S2. The predicted molar refractivity (Wildman–Crippen MR) is 97.6 cm³/mol. The molecule has 0 aliphatic carbocycles. The molecule has 3 aromatic rings. The highest BCUT2D eigenvalue weighted by molar-refractivity contribution is 7.99. The van der Waals surface area contributed by atoms with Crippen molar-refractivity contribution in [2.45, 2.75) is 21.3 Å². The van der Waals surface area contributed by atoms with Crippen molar-refractivity contribution in [3.8, 4) is 17.1 Å². The second-order valence-electron chi connectivity index (χ2n) is 5.45. The summed E-state index contributed by atoms with van der Waals surface area (Å²) in [6, 6.07) is 17.7. The van der Waals surface area contributed by atoms with Crippen LogP contribution in [0.3, 0.4) is 0 Å². The number of benzene rings is 2. The number of hydrogen-bond donors (Lipinski definition) is 1. The molecule has 1 aliphatic rings. The first-order valence-corrected chi connectivity index (χ1v) is 9.49. The van der Waals surface area contributed by atoms with Crippen LogP contribution >= 0.6 is 23.5 Å². The summed E-state index contributed by atoms with van der Waals surface area (Å²) in [5.74, 6) is 1.89. The van der Waals surface area contributed by atoms with Gasteiger partial charge in [0.1, 0.15) is 4.90 Å². The van der Waals surface area contributed by atoms with Gasteiger partial charge in [-0.2, -0.15) is 0 Å². The second kappa shape index (κ2) is 6.42. The fourth-order valence-electron chi connectivity index (χ4n) is 2.68. The average Bonchev–Trinajstić information content (AvgIpc) is 2.62. The van der Waals surface area contributed by atoms with Crippen LogP contribution in [-0.2, 0) is 11.5 Å². The Bertz CT molecular complexity index is 949. The van der Waals surface area contributed by atoms with Gasteiger partial charge in [-0.15, -0.1) is 23.5 Å². The third kappa shape index (κ3) is 2.74. The number of hydrogen-bond acceptors (Lipinski definition) is 5. The van der Waals surface area contributed by atoms with Crippen molar-refractivity contribution >= 4 is 23.5 Å². The molecule has 5 heteroatoms. The summed E-state index contributed by atoms with van der Waals surface area (Å²) >= 11 is 2.82. The highest BCUT2D eigenvalue weighted by atomic mass is 32.2. The van der Waals surface area contributed by atoms with E-state index in [1.54, 1.807) is 0 Å². The van der Waals surface area contributed by atoms with Gasteiger partial charge in [-0.05, 0) is 11.1 Å². The van der Waals surface area contributed by atoms with Gasteiger partial charge in [0, 0.05) is 17.1 Å². The fourth-order valence-corrected chi connectivity index (χ4v) is 4.72. The Labute approximate surface area is 147 Å². The van der Waals surface area contributed by atoms with Crippen molar-refractivity contribution in [3.63, 3.8) is 0 Å². The third-order valence-corrected chi connectivity index (χ3v) is 6.13. The van der Waals surface area contributed by atoms with Gasteiger partial charge >= 0.3 is 5.63 Å². The molecule has 0 fully saturated rings. The minimum atomic E-state index is -0.482. The molecule has 0 amide bonds. The molecule has 2 aromatic carbocycles. The zero-order chi connectivity index (χ0) is 16.5. The summed E-state index contributed by atoms with van der Waals surface area (Å²) in [6.45, 7) is 0. The lowest BCUT2D eigenvalue weighted by Gasteiger charge is -2.19. The van der Waals surface area contributed by atoms with Gasteiger partial charge in [0.2, 0.25) is 0 Å². The quantitative estimate of drug-likeness (QED) is 0.677. The summed E-state index contributed by atoms with van der Waals surface area (Å²) in [5, 5.41) is 10.6. The molecule has 0 saturated heterocycles. The molecule has 2 heterocycles. The SMILES string of the molecule is O=c1oc2c(c(O)c1SCc1ccccc1)SCc1ccccc1-2. The molecular weight excluding hydrogens is 340 g/mol.